The summed E-state index contributed by atoms with van der Waals surface area (Å²) in [7, 11) is 0. The maximum atomic E-state index is 12.2. The highest BCUT2D eigenvalue weighted by atomic mass is 16.5. The van der Waals surface area contributed by atoms with E-state index in [4.69, 9.17) is 4.52 Å². The van der Waals surface area contributed by atoms with Crippen molar-refractivity contribution in [2.24, 2.45) is 17.3 Å². The van der Waals surface area contributed by atoms with Gasteiger partial charge in [0.1, 0.15) is 6.33 Å². The van der Waals surface area contributed by atoms with Crippen molar-refractivity contribution < 1.29 is 14.4 Å². The Morgan fingerprint density at radius 3 is 2.52 bits per heavy atom. The average Bonchev–Trinajstić information content (AvgIpc) is 3.17. The third kappa shape index (κ3) is 5.61. The molecule has 2 aromatic heterocycles. The molecule has 0 amide bonds. The molecule has 2 atom stereocenters. The molecule has 7 nitrogen and oxygen atoms in total. The molecule has 0 aromatic carbocycles. The fourth-order valence-corrected chi connectivity index (χ4v) is 4.61. The maximum absolute atomic E-state index is 12.2. The Hall–Kier alpha value is -2.31. The van der Waals surface area contributed by atoms with E-state index in [1.54, 1.807) is 12.4 Å². The molecule has 7 heteroatoms. The van der Waals surface area contributed by atoms with E-state index in [0.29, 0.717) is 17.3 Å². The van der Waals surface area contributed by atoms with Gasteiger partial charge in [-0.1, -0.05) is 70.9 Å². The zero-order valence-electron chi connectivity index (χ0n) is 17.7. The molecule has 29 heavy (non-hydrogen) atoms. The van der Waals surface area contributed by atoms with Gasteiger partial charge in [-0.05, 0) is 17.8 Å². The van der Waals surface area contributed by atoms with Crippen LogP contribution in [0.15, 0.2) is 23.2 Å². The van der Waals surface area contributed by atoms with Crippen LogP contribution >= 0.6 is 0 Å². The molecule has 1 aliphatic rings. The van der Waals surface area contributed by atoms with Gasteiger partial charge in [0.15, 0.2) is 5.82 Å². The summed E-state index contributed by atoms with van der Waals surface area (Å²) in [6.45, 7) is 5.89. The quantitative estimate of drug-likeness (QED) is 0.657. The van der Waals surface area contributed by atoms with Gasteiger partial charge < -0.3 is 9.63 Å². The number of carbonyl (C=O) groups is 1. The molecule has 1 unspecified atom stereocenters. The van der Waals surface area contributed by atoms with E-state index in [0.717, 1.165) is 25.2 Å². The lowest BCUT2D eigenvalue weighted by Crippen LogP contribution is -2.34. The Labute approximate surface area is 172 Å². The number of hydrogen-bond acceptors (Lipinski definition) is 6. The van der Waals surface area contributed by atoms with Gasteiger partial charge in [-0.15, -0.1) is 0 Å². The third-order valence-corrected chi connectivity index (χ3v) is 6.03. The second kappa shape index (κ2) is 9.46. The van der Waals surface area contributed by atoms with Gasteiger partial charge in [0.05, 0.1) is 11.5 Å². The van der Waals surface area contributed by atoms with Crippen LogP contribution in [0.25, 0.3) is 11.5 Å². The number of rotatable bonds is 8. The van der Waals surface area contributed by atoms with Crippen LogP contribution < -0.4 is 0 Å². The average molecular weight is 401 g/mol. The van der Waals surface area contributed by atoms with Gasteiger partial charge in [-0.3, -0.25) is 4.79 Å². The van der Waals surface area contributed by atoms with Crippen LogP contribution in [0.3, 0.4) is 0 Å². The van der Waals surface area contributed by atoms with Gasteiger partial charge in [0.25, 0.3) is 5.89 Å². The summed E-state index contributed by atoms with van der Waals surface area (Å²) in [5.41, 5.74) is 0.215. The number of aliphatic carboxylic acids is 1. The molecule has 158 valence electrons. The molecular formula is C22H32N4O3. The van der Waals surface area contributed by atoms with E-state index in [2.05, 4.69) is 20.1 Å². The van der Waals surface area contributed by atoms with Crippen LogP contribution in [0, 0.1) is 17.3 Å². The smallest absolute Gasteiger partial charge is 0.307 e. The van der Waals surface area contributed by atoms with Crippen LogP contribution in [0.2, 0.25) is 0 Å². The Bertz CT molecular complexity index is 779. The standard InChI is InChI=1S/C22H32N4O3/c1-22(2,3)18(21(27)28)17(11-7-10-15-8-5-4-6-9-15)19-25-20(29-26-19)16-12-23-14-24-13-16/h12-15,17-18H,4-11H2,1-3H3,(H,27,28)/t17-,18?/m1/s1. The lowest BCUT2D eigenvalue weighted by molar-refractivity contribution is -0.147. The van der Waals surface area contributed by atoms with Crippen LogP contribution in [0.1, 0.15) is 83.9 Å². The summed E-state index contributed by atoms with van der Waals surface area (Å²) in [4.78, 5) is 24.7. The van der Waals surface area contributed by atoms with Crippen molar-refractivity contribution in [1.82, 2.24) is 20.1 Å². The zero-order chi connectivity index (χ0) is 20.9. The number of hydrogen-bond donors (Lipinski definition) is 1. The first-order valence-electron chi connectivity index (χ1n) is 10.7. The highest BCUT2D eigenvalue weighted by Crippen LogP contribution is 2.41. The third-order valence-electron chi connectivity index (χ3n) is 6.03. The highest BCUT2D eigenvalue weighted by molar-refractivity contribution is 5.72. The Balaban J connectivity index is 1.80. The molecule has 0 bridgehead atoms. The van der Waals surface area contributed by atoms with Gasteiger partial charge in [0, 0.05) is 18.3 Å². The molecule has 0 spiro atoms. The summed E-state index contributed by atoms with van der Waals surface area (Å²) in [5.74, 6) is -0.130. The minimum atomic E-state index is -0.811. The Morgan fingerprint density at radius 1 is 1.21 bits per heavy atom. The van der Waals surface area contributed by atoms with Crippen LogP contribution in [0.4, 0.5) is 0 Å². The van der Waals surface area contributed by atoms with Crippen LogP contribution in [-0.2, 0) is 4.79 Å². The SMILES string of the molecule is CC(C)(C)C(C(=O)O)[C@@H](CCCC1CCCCC1)c1noc(-c2cncnc2)n1. The van der Waals surface area contributed by atoms with Crippen molar-refractivity contribution in [3.05, 3.63) is 24.5 Å². The number of carboxylic acids is 1. The summed E-state index contributed by atoms with van der Waals surface area (Å²) in [5, 5.41) is 14.2. The molecule has 3 rings (SSSR count). The van der Waals surface area contributed by atoms with Crippen LogP contribution in [-0.4, -0.2) is 31.2 Å². The van der Waals surface area contributed by atoms with E-state index < -0.39 is 17.3 Å². The summed E-state index contributed by atoms with van der Waals surface area (Å²) in [6.07, 6.45) is 14.1. The van der Waals surface area contributed by atoms with Crippen molar-refractivity contribution in [3.63, 3.8) is 0 Å². The molecule has 0 aliphatic heterocycles. The van der Waals surface area contributed by atoms with E-state index in [-0.39, 0.29) is 5.92 Å². The van der Waals surface area contributed by atoms with Gasteiger partial charge in [-0.2, -0.15) is 4.98 Å². The van der Waals surface area contributed by atoms with Gasteiger partial charge in [-0.25, -0.2) is 9.97 Å². The van der Waals surface area contributed by atoms with E-state index in [1.807, 2.05) is 20.8 Å². The monoisotopic (exact) mass is 400 g/mol. The molecular weight excluding hydrogens is 368 g/mol. The first kappa shape index (κ1) is 21.4. The van der Waals surface area contributed by atoms with Crippen molar-refractivity contribution >= 4 is 5.97 Å². The predicted octanol–water partition coefficient (Wildman–Crippen LogP) is 5.11. The van der Waals surface area contributed by atoms with E-state index >= 15 is 0 Å². The molecule has 1 fully saturated rings. The Morgan fingerprint density at radius 2 is 1.90 bits per heavy atom. The highest BCUT2D eigenvalue weighted by Gasteiger charge is 2.41. The zero-order valence-corrected chi connectivity index (χ0v) is 17.7. The lowest BCUT2D eigenvalue weighted by atomic mass is 9.71. The molecule has 1 aliphatic carbocycles. The molecule has 1 N–H and O–H groups in total. The second-order valence-electron chi connectivity index (χ2n) is 9.31. The van der Waals surface area contributed by atoms with Crippen LogP contribution in [0.5, 0.6) is 0 Å². The van der Waals surface area contributed by atoms with E-state index in [9.17, 15) is 9.90 Å². The topological polar surface area (TPSA) is 102 Å². The number of nitrogens with zero attached hydrogens (tertiary/aromatic N) is 4. The summed E-state index contributed by atoms with van der Waals surface area (Å²) < 4.78 is 5.44. The van der Waals surface area contributed by atoms with Crippen molar-refractivity contribution in [3.8, 4) is 11.5 Å². The lowest BCUT2D eigenvalue weighted by Gasteiger charge is -2.33. The van der Waals surface area contributed by atoms with Crippen molar-refractivity contribution in [2.75, 3.05) is 0 Å². The van der Waals surface area contributed by atoms with Crippen molar-refractivity contribution in [1.29, 1.82) is 0 Å². The summed E-state index contributed by atoms with van der Waals surface area (Å²) in [6, 6.07) is 0. The number of carboxylic acid groups (broad SMARTS) is 1. The largest absolute Gasteiger partial charge is 0.481 e. The normalized spacial score (nSPS) is 17.8. The fourth-order valence-electron chi connectivity index (χ4n) is 4.61. The van der Waals surface area contributed by atoms with Gasteiger partial charge >= 0.3 is 5.97 Å². The minimum Gasteiger partial charge on any atom is -0.481 e. The summed E-state index contributed by atoms with van der Waals surface area (Å²) >= 11 is 0. The van der Waals surface area contributed by atoms with Gasteiger partial charge in [0.2, 0.25) is 0 Å². The molecule has 2 heterocycles. The first-order valence-corrected chi connectivity index (χ1v) is 10.7. The molecule has 1 saturated carbocycles. The predicted molar refractivity (Wildman–Crippen MR) is 109 cm³/mol. The van der Waals surface area contributed by atoms with E-state index in [1.165, 1.54) is 38.4 Å². The second-order valence-corrected chi connectivity index (χ2v) is 9.31. The fraction of sp³-hybridized carbons (Fsp3) is 0.682. The molecule has 0 radical (unpaired) electrons. The maximum Gasteiger partial charge on any atom is 0.307 e. The minimum absolute atomic E-state index is 0.293. The first-order chi connectivity index (χ1) is 13.9. The van der Waals surface area contributed by atoms with Crippen molar-refractivity contribution in [2.45, 2.75) is 78.1 Å². The molecule has 2 aromatic rings. The molecule has 0 saturated heterocycles. The Kier molecular flexibility index (Phi) is 6.98. The number of aromatic nitrogens is 4.